The molecule has 0 fully saturated rings. The molecule has 0 aliphatic rings. The number of hydrogen-bond acceptors (Lipinski definition) is 3. The average molecular weight is 262 g/mol. The van der Waals surface area contributed by atoms with Gasteiger partial charge in [0.25, 0.3) is 5.91 Å². The van der Waals surface area contributed by atoms with Gasteiger partial charge >= 0.3 is 0 Å². The van der Waals surface area contributed by atoms with Crippen molar-refractivity contribution >= 4 is 28.8 Å². The van der Waals surface area contributed by atoms with Crippen molar-refractivity contribution in [3.05, 3.63) is 16.3 Å². The summed E-state index contributed by atoms with van der Waals surface area (Å²) in [6, 6.07) is 1.74. The van der Waals surface area contributed by atoms with Crippen LogP contribution in [-0.4, -0.2) is 25.4 Å². The van der Waals surface area contributed by atoms with Crippen LogP contribution < -0.4 is 10.1 Å². The van der Waals surface area contributed by atoms with Gasteiger partial charge in [-0.15, -0.1) is 22.9 Å². The average Bonchev–Trinajstić information content (AvgIpc) is 2.75. The Bertz CT molecular complexity index is 340. The molecule has 16 heavy (non-hydrogen) atoms. The first-order chi connectivity index (χ1) is 7.67. The Kier molecular flexibility index (Phi) is 5.63. The van der Waals surface area contributed by atoms with Crippen molar-refractivity contribution in [1.82, 2.24) is 5.32 Å². The van der Waals surface area contributed by atoms with Crippen molar-refractivity contribution in [3.8, 4) is 5.75 Å². The number of halogens is 1. The van der Waals surface area contributed by atoms with Crippen molar-refractivity contribution in [1.29, 1.82) is 0 Å². The summed E-state index contributed by atoms with van der Waals surface area (Å²) in [5.74, 6) is 1.71. The van der Waals surface area contributed by atoms with Crippen molar-refractivity contribution in [2.24, 2.45) is 5.92 Å². The predicted octanol–water partition coefficient (Wildman–Crippen LogP) is 2.75. The fraction of sp³-hybridized carbons (Fsp3) is 0.545. The predicted molar refractivity (Wildman–Crippen MR) is 67.7 cm³/mol. The quantitative estimate of drug-likeness (QED) is 0.800. The second kappa shape index (κ2) is 6.76. The van der Waals surface area contributed by atoms with Gasteiger partial charge in [0, 0.05) is 23.9 Å². The molecule has 1 N–H and O–H groups in total. The Hall–Kier alpha value is -0.740. The summed E-state index contributed by atoms with van der Waals surface area (Å²) < 4.78 is 5.02. The number of amides is 1. The normalized spacial score (nSPS) is 12.2. The van der Waals surface area contributed by atoms with E-state index >= 15 is 0 Å². The number of ether oxygens (including phenoxy) is 1. The zero-order chi connectivity index (χ0) is 12.0. The molecular formula is C11H16ClNO2S. The number of carbonyl (C=O) groups is 1. The highest BCUT2D eigenvalue weighted by Crippen LogP contribution is 2.20. The van der Waals surface area contributed by atoms with Crippen LogP contribution in [-0.2, 0) is 0 Å². The number of methoxy groups -OCH3 is 1. The summed E-state index contributed by atoms with van der Waals surface area (Å²) in [5, 5.41) is 4.69. The maximum atomic E-state index is 11.7. The number of rotatable bonds is 6. The van der Waals surface area contributed by atoms with Crippen LogP contribution >= 0.6 is 22.9 Å². The molecular weight excluding hydrogens is 246 g/mol. The van der Waals surface area contributed by atoms with Gasteiger partial charge in [-0.25, -0.2) is 0 Å². The topological polar surface area (TPSA) is 38.3 Å². The molecule has 0 aromatic carbocycles. The Morgan fingerprint density at radius 3 is 3.00 bits per heavy atom. The highest BCUT2D eigenvalue weighted by Gasteiger charge is 2.10. The molecule has 0 saturated heterocycles. The van der Waals surface area contributed by atoms with Gasteiger partial charge in [0.1, 0.15) is 5.75 Å². The zero-order valence-electron chi connectivity index (χ0n) is 9.46. The number of alkyl halides is 1. The third-order valence-electron chi connectivity index (χ3n) is 2.25. The van der Waals surface area contributed by atoms with Gasteiger partial charge in [0.2, 0.25) is 0 Å². The fourth-order valence-electron chi connectivity index (χ4n) is 1.19. The van der Waals surface area contributed by atoms with E-state index in [0.717, 1.165) is 12.2 Å². The van der Waals surface area contributed by atoms with Crippen LogP contribution in [0, 0.1) is 5.92 Å². The molecule has 1 atom stereocenters. The molecule has 1 rings (SSSR count). The van der Waals surface area contributed by atoms with Crippen LogP contribution in [0.4, 0.5) is 0 Å². The SMILES string of the molecule is COc1csc(C(=O)NCC(C)CCCl)c1. The standard InChI is InChI=1S/C11H16ClNO2S/c1-8(3-4-12)6-13-11(14)10-5-9(15-2)7-16-10/h5,7-8H,3-4,6H2,1-2H3,(H,13,14). The summed E-state index contributed by atoms with van der Waals surface area (Å²) >= 11 is 7.01. The maximum Gasteiger partial charge on any atom is 0.261 e. The molecule has 5 heteroatoms. The molecule has 1 amide bonds. The van der Waals surface area contributed by atoms with E-state index in [1.165, 1.54) is 11.3 Å². The zero-order valence-corrected chi connectivity index (χ0v) is 11.0. The Morgan fingerprint density at radius 2 is 2.44 bits per heavy atom. The molecule has 90 valence electrons. The van der Waals surface area contributed by atoms with Gasteiger partial charge in [-0.1, -0.05) is 6.92 Å². The van der Waals surface area contributed by atoms with Crippen LogP contribution in [0.2, 0.25) is 0 Å². The van der Waals surface area contributed by atoms with E-state index in [-0.39, 0.29) is 5.91 Å². The summed E-state index contributed by atoms with van der Waals surface area (Å²) in [6.45, 7) is 2.73. The first kappa shape index (κ1) is 13.3. The lowest BCUT2D eigenvalue weighted by molar-refractivity contribution is 0.0951. The van der Waals surface area contributed by atoms with E-state index in [0.29, 0.717) is 23.2 Å². The Balaban J connectivity index is 2.40. The number of nitrogens with one attached hydrogen (secondary N) is 1. The van der Waals surface area contributed by atoms with E-state index in [1.807, 2.05) is 5.38 Å². The van der Waals surface area contributed by atoms with E-state index in [9.17, 15) is 4.79 Å². The molecule has 0 radical (unpaired) electrons. The van der Waals surface area contributed by atoms with Crippen molar-refractivity contribution in [3.63, 3.8) is 0 Å². The highest BCUT2D eigenvalue weighted by atomic mass is 35.5. The Morgan fingerprint density at radius 1 is 1.69 bits per heavy atom. The minimum absolute atomic E-state index is 0.0466. The highest BCUT2D eigenvalue weighted by molar-refractivity contribution is 7.12. The number of hydrogen-bond donors (Lipinski definition) is 1. The molecule has 0 aliphatic carbocycles. The molecule has 1 aromatic rings. The monoisotopic (exact) mass is 261 g/mol. The summed E-state index contributed by atoms with van der Waals surface area (Å²) in [4.78, 5) is 12.4. The van der Waals surface area contributed by atoms with Crippen LogP contribution in [0.3, 0.4) is 0 Å². The van der Waals surface area contributed by atoms with E-state index in [4.69, 9.17) is 16.3 Å². The smallest absolute Gasteiger partial charge is 0.261 e. The lowest BCUT2D eigenvalue weighted by Crippen LogP contribution is -2.27. The number of carbonyl (C=O) groups excluding carboxylic acids is 1. The van der Waals surface area contributed by atoms with Gasteiger partial charge in [-0.2, -0.15) is 0 Å². The van der Waals surface area contributed by atoms with Gasteiger partial charge in [0.15, 0.2) is 0 Å². The maximum absolute atomic E-state index is 11.7. The molecule has 0 aliphatic heterocycles. The third-order valence-corrected chi connectivity index (χ3v) is 3.37. The fourth-order valence-corrected chi connectivity index (χ4v) is 2.33. The minimum Gasteiger partial charge on any atom is -0.496 e. The van der Waals surface area contributed by atoms with E-state index in [1.54, 1.807) is 13.2 Å². The van der Waals surface area contributed by atoms with Crippen LogP contribution in [0.1, 0.15) is 23.0 Å². The molecule has 1 heterocycles. The van der Waals surface area contributed by atoms with Crippen LogP contribution in [0.25, 0.3) is 0 Å². The van der Waals surface area contributed by atoms with Crippen molar-refractivity contribution in [2.45, 2.75) is 13.3 Å². The lowest BCUT2D eigenvalue weighted by Gasteiger charge is -2.09. The molecule has 0 spiro atoms. The number of thiophene rings is 1. The van der Waals surface area contributed by atoms with Gasteiger partial charge in [-0.05, 0) is 12.3 Å². The van der Waals surface area contributed by atoms with Gasteiger partial charge in [-0.3, -0.25) is 4.79 Å². The first-order valence-electron chi connectivity index (χ1n) is 5.14. The summed E-state index contributed by atoms with van der Waals surface area (Å²) in [6.07, 6.45) is 0.912. The molecule has 3 nitrogen and oxygen atoms in total. The molecule has 1 aromatic heterocycles. The second-order valence-corrected chi connectivity index (χ2v) is 4.93. The summed E-state index contributed by atoms with van der Waals surface area (Å²) in [7, 11) is 1.59. The molecule has 0 bridgehead atoms. The van der Waals surface area contributed by atoms with Crippen LogP contribution in [0.5, 0.6) is 5.75 Å². The second-order valence-electron chi connectivity index (χ2n) is 3.64. The lowest BCUT2D eigenvalue weighted by atomic mass is 10.1. The van der Waals surface area contributed by atoms with Gasteiger partial charge in [0.05, 0.1) is 12.0 Å². The third kappa shape index (κ3) is 4.02. The summed E-state index contributed by atoms with van der Waals surface area (Å²) in [5.41, 5.74) is 0. The molecule has 1 unspecified atom stereocenters. The van der Waals surface area contributed by atoms with Crippen molar-refractivity contribution in [2.75, 3.05) is 19.5 Å². The van der Waals surface area contributed by atoms with Crippen LogP contribution in [0.15, 0.2) is 11.4 Å². The first-order valence-corrected chi connectivity index (χ1v) is 6.55. The van der Waals surface area contributed by atoms with E-state index < -0.39 is 0 Å². The molecule has 0 saturated carbocycles. The Labute approximate surface area is 105 Å². The van der Waals surface area contributed by atoms with E-state index in [2.05, 4.69) is 12.2 Å². The minimum atomic E-state index is -0.0466. The van der Waals surface area contributed by atoms with Gasteiger partial charge < -0.3 is 10.1 Å². The largest absolute Gasteiger partial charge is 0.496 e. The van der Waals surface area contributed by atoms with Crippen molar-refractivity contribution < 1.29 is 9.53 Å².